The molecule has 1 heterocycles. The van der Waals surface area contributed by atoms with E-state index in [9.17, 15) is 0 Å². The van der Waals surface area contributed by atoms with E-state index in [1.807, 2.05) is 0 Å². The molecule has 1 fully saturated rings. The Balaban J connectivity index is 1.81. The fourth-order valence-corrected chi connectivity index (χ4v) is 2.75. The van der Waals surface area contributed by atoms with Crippen molar-refractivity contribution in [2.75, 3.05) is 19.8 Å². The first-order chi connectivity index (χ1) is 8.58. The molecule has 18 heavy (non-hydrogen) atoms. The zero-order valence-corrected chi connectivity index (χ0v) is 13.4. The SMILES string of the molecule is C[Si](C)(C)OCCCCCCOC1CCCCO1. The van der Waals surface area contributed by atoms with E-state index in [4.69, 9.17) is 13.9 Å². The first-order valence-corrected chi connectivity index (χ1v) is 10.9. The maximum atomic E-state index is 5.82. The average Bonchev–Trinajstić information content (AvgIpc) is 2.32. The molecule has 1 atom stereocenters. The Bertz CT molecular complexity index is 198. The topological polar surface area (TPSA) is 27.7 Å². The van der Waals surface area contributed by atoms with Gasteiger partial charge < -0.3 is 13.9 Å². The van der Waals surface area contributed by atoms with Crippen LogP contribution in [0.25, 0.3) is 0 Å². The van der Waals surface area contributed by atoms with Gasteiger partial charge >= 0.3 is 0 Å². The van der Waals surface area contributed by atoms with E-state index in [0.717, 1.165) is 32.7 Å². The Kier molecular flexibility index (Phi) is 8.14. The zero-order chi connectivity index (χ0) is 13.3. The number of rotatable bonds is 9. The van der Waals surface area contributed by atoms with Crippen molar-refractivity contribution < 1.29 is 13.9 Å². The minimum atomic E-state index is -1.30. The first kappa shape index (κ1) is 16.2. The van der Waals surface area contributed by atoms with E-state index in [2.05, 4.69) is 19.6 Å². The van der Waals surface area contributed by atoms with E-state index >= 15 is 0 Å². The lowest BCUT2D eigenvalue weighted by Gasteiger charge is -2.22. The monoisotopic (exact) mass is 274 g/mol. The van der Waals surface area contributed by atoms with Gasteiger partial charge in [-0.25, -0.2) is 0 Å². The van der Waals surface area contributed by atoms with Gasteiger partial charge in [0.1, 0.15) is 0 Å². The van der Waals surface area contributed by atoms with Gasteiger partial charge in [-0.1, -0.05) is 12.8 Å². The Morgan fingerprint density at radius 3 is 2.33 bits per heavy atom. The second-order valence-electron chi connectivity index (χ2n) is 6.04. The van der Waals surface area contributed by atoms with Crippen molar-refractivity contribution in [3.05, 3.63) is 0 Å². The molecule has 0 aromatic heterocycles. The lowest BCUT2D eigenvalue weighted by molar-refractivity contribution is -0.162. The average molecular weight is 274 g/mol. The molecular formula is C14H30O3Si. The van der Waals surface area contributed by atoms with Crippen molar-refractivity contribution in [1.29, 1.82) is 0 Å². The van der Waals surface area contributed by atoms with Crippen molar-refractivity contribution >= 4 is 8.32 Å². The van der Waals surface area contributed by atoms with Gasteiger partial charge in [-0.05, 0) is 51.7 Å². The maximum absolute atomic E-state index is 5.82. The van der Waals surface area contributed by atoms with Crippen molar-refractivity contribution in [1.82, 2.24) is 0 Å². The van der Waals surface area contributed by atoms with Crippen LogP contribution in [-0.4, -0.2) is 34.4 Å². The third kappa shape index (κ3) is 9.08. The van der Waals surface area contributed by atoms with Crippen LogP contribution in [0.15, 0.2) is 0 Å². The van der Waals surface area contributed by atoms with E-state index in [0.29, 0.717) is 0 Å². The highest BCUT2D eigenvalue weighted by Gasteiger charge is 2.14. The van der Waals surface area contributed by atoms with Crippen LogP contribution in [0.1, 0.15) is 44.9 Å². The van der Waals surface area contributed by atoms with Gasteiger partial charge in [0.2, 0.25) is 0 Å². The van der Waals surface area contributed by atoms with Crippen LogP contribution in [0.4, 0.5) is 0 Å². The molecule has 0 aromatic carbocycles. The van der Waals surface area contributed by atoms with Crippen molar-refractivity contribution in [2.24, 2.45) is 0 Å². The van der Waals surface area contributed by atoms with Gasteiger partial charge in [0.25, 0.3) is 0 Å². The minimum absolute atomic E-state index is 0.0778. The van der Waals surface area contributed by atoms with Gasteiger partial charge in [-0.2, -0.15) is 0 Å². The zero-order valence-electron chi connectivity index (χ0n) is 12.4. The summed E-state index contributed by atoms with van der Waals surface area (Å²) in [5.74, 6) is 0. The van der Waals surface area contributed by atoms with Crippen LogP contribution in [0.3, 0.4) is 0 Å². The van der Waals surface area contributed by atoms with E-state index in [1.54, 1.807) is 0 Å². The summed E-state index contributed by atoms with van der Waals surface area (Å²) in [5, 5.41) is 0. The van der Waals surface area contributed by atoms with Crippen LogP contribution < -0.4 is 0 Å². The minimum Gasteiger partial charge on any atom is -0.418 e. The molecule has 108 valence electrons. The summed E-state index contributed by atoms with van der Waals surface area (Å²) in [6.07, 6.45) is 8.41. The lowest BCUT2D eigenvalue weighted by Crippen LogP contribution is -2.25. The molecule has 0 radical (unpaired) electrons. The predicted molar refractivity (Wildman–Crippen MR) is 77.3 cm³/mol. The molecule has 0 aromatic rings. The summed E-state index contributed by atoms with van der Waals surface area (Å²) in [5.41, 5.74) is 0. The summed E-state index contributed by atoms with van der Waals surface area (Å²) in [4.78, 5) is 0. The van der Waals surface area contributed by atoms with Crippen LogP contribution >= 0.6 is 0 Å². The molecule has 1 rings (SSSR count). The molecular weight excluding hydrogens is 244 g/mol. The Morgan fingerprint density at radius 1 is 1.00 bits per heavy atom. The maximum Gasteiger partial charge on any atom is 0.183 e. The predicted octanol–water partition coefficient (Wildman–Crippen LogP) is 3.94. The Labute approximate surface area is 113 Å². The fraction of sp³-hybridized carbons (Fsp3) is 1.00. The normalized spacial score (nSPS) is 21.2. The van der Waals surface area contributed by atoms with Crippen molar-refractivity contribution in [2.45, 2.75) is 70.9 Å². The van der Waals surface area contributed by atoms with Crippen LogP contribution in [0.5, 0.6) is 0 Å². The Morgan fingerprint density at radius 2 is 1.72 bits per heavy atom. The smallest absolute Gasteiger partial charge is 0.183 e. The number of hydrogen-bond acceptors (Lipinski definition) is 3. The highest BCUT2D eigenvalue weighted by atomic mass is 28.4. The third-order valence-electron chi connectivity index (χ3n) is 3.02. The van der Waals surface area contributed by atoms with Crippen LogP contribution in [0, 0.1) is 0 Å². The van der Waals surface area contributed by atoms with E-state index < -0.39 is 8.32 Å². The van der Waals surface area contributed by atoms with Gasteiger partial charge in [0.15, 0.2) is 14.6 Å². The molecule has 0 bridgehead atoms. The molecule has 3 nitrogen and oxygen atoms in total. The first-order valence-electron chi connectivity index (χ1n) is 7.45. The van der Waals surface area contributed by atoms with Gasteiger partial charge in [-0.15, -0.1) is 0 Å². The van der Waals surface area contributed by atoms with Gasteiger partial charge in [-0.3, -0.25) is 0 Å². The lowest BCUT2D eigenvalue weighted by atomic mass is 10.2. The highest BCUT2D eigenvalue weighted by molar-refractivity contribution is 6.69. The molecule has 1 unspecified atom stereocenters. The summed E-state index contributed by atoms with van der Waals surface area (Å²) >= 11 is 0. The second-order valence-corrected chi connectivity index (χ2v) is 10.6. The molecule has 0 spiro atoms. The number of ether oxygens (including phenoxy) is 2. The molecule has 1 aliphatic heterocycles. The third-order valence-corrected chi connectivity index (χ3v) is 4.09. The summed E-state index contributed by atoms with van der Waals surface area (Å²) in [6, 6.07) is 0. The fourth-order valence-electron chi connectivity index (χ4n) is 1.99. The molecule has 0 aliphatic carbocycles. The quantitative estimate of drug-likeness (QED) is 0.471. The molecule has 0 saturated carbocycles. The Hall–Kier alpha value is 0.0969. The standard InChI is InChI=1S/C14H30O3Si/c1-18(2,3)17-13-8-5-4-7-11-15-14-10-6-9-12-16-14/h14H,4-13H2,1-3H3. The molecule has 1 saturated heterocycles. The van der Waals surface area contributed by atoms with Gasteiger partial charge in [0, 0.05) is 19.8 Å². The van der Waals surface area contributed by atoms with Crippen molar-refractivity contribution in [3.63, 3.8) is 0 Å². The summed E-state index contributed by atoms with van der Waals surface area (Å²) < 4.78 is 17.0. The summed E-state index contributed by atoms with van der Waals surface area (Å²) in [7, 11) is -1.30. The van der Waals surface area contributed by atoms with E-state index in [1.165, 1.54) is 32.1 Å². The summed E-state index contributed by atoms with van der Waals surface area (Å²) in [6.45, 7) is 9.38. The highest BCUT2D eigenvalue weighted by Crippen LogP contribution is 2.14. The van der Waals surface area contributed by atoms with E-state index in [-0.39, 0.29) is 6.29 Å². The molecule has 1 aliphatic rings. The molecule has 4 heteroatoms. The van der Waals surface area contributed by atoms with Crippen LogP contribution in [-0.2, 0) is 13.9 Å². The van der Waals surface area contributed by atoms with Gasteiger partial charge in [0.05, 0.1) is 0 Å². The van der Waals surface area contributed by atoms with Crippen LogP contribution in [0.2, 0.25) is 19.6 Å². The second kappa shape index (κ2) is 9.07. The van der Waals surface area contributed by atoms with Crippen molar-refractivity contribution in [3.8, 4) is 0 Å². The molecule has 0 N–H and O–H groups in total. The number of unbranched alkanes of at least 4 members (excludes halogenated alkanes) is 3. The molecule has 0 amide bonds. The largest absolute Gasteiger partial charge is 0.418 e. The number of hydrogen-bond donors (Lipinski definition) is 0.